The van der Waals surface area contributed by atoms with Gasteiger partial charge in [0.05, 0.1) is 18.2 Å². The zero-order valence-electron chi connectivity index (χ0n) is 17.7. The minimum atomic E-state index is -0.784. The fourth-order valence-corrected chi connectivity index (χ4v) is 4.14. The summed E-state index contributed by atoms with van der Waals surface area (Å²) in [6.45, 7) is 4.32. The number of aryl methyl sites for hydroxylation is 1. The number of aliphatic hydroxyl groups is 1. The molecular formula is C26H22ClNO4. The Labute approximate surface area is 191 Å². The Kier molecular flexibility index (Phi) is 6.01. The Balaban J connectivity index is 1.92. The molecule has 0 aromatic heterocycles. The Morgan fingerprint density at radius 1 is 1.03 bits per heavy atom. The van der Waals surface area contributed by atoms with E-state index in [0.717, 1.165) is 11.1 Å². The van der Waals surface area contributed by atoms with Crippen molar-refractivity contribution in [1.82, 2.24) is 0 Å². The first-order valence-electron chi connectivity index (χ1n) is 10.3. The molecule has 5 nitrogen and oxygen atoms in total. The van der Waals surface area contributed by atoms with Gasteiger partial charge < -0.3 is 9.84 Å². The van der Waals surface area contributed by atoms with Gasteiger partial charge >= 0.3 is 0 Å². The number of carbonyl (C=O) groups excluding carboxylic acids is 2. The van der Waals surface area contributed by atoms with Crippen LogP contribution in [0.5, 0.6) is 5.75 Å². The van der Waals surface area contributed by atoms with E-state index < -0.39 is 17.7 Å². The highest BCUT2D eigenvalue weighted by Crippen LogP contribution is 2.43. The number of anilines is 1. The molecule has 0 aliphatic carbocycles. The minimum absolute atomic E-state index is 0.0282. The number of Topliss-reactive ketones (excluding diaryl/α,β-unsaturated/α-hetero) is 1. The topological polar surface area (TPSA) is 66.8 Å². The van der Waals surface area contributed by atoms with Crippen LogP contribution in [0.25, 0.3) is 5.76 Å². The molecule has 1 heterocycles. The minimum Gasteiger partial charge on any atom is -0.507 e. The lowest BCUT2D eigenvalue weighted by Gasteiger charge is -2.26. The molecule has 1 saturated heterocycles. The number of rotatable bonds is 5. The third kappa shape index (κ3) is 3.87. The second kappa shape index (κ2) is 8.89. The molecular weight excluding hydrogens is 426 g/mol. The van der Waals surface area contributed by atoms with E-state index in [1.54, 1.807) is 48.5 Å². The van der Waals surface area contributed by atoms with Crippen LogP contribution in [0.3, 0.4) is 0 Å². The number of benzene rings is 3. The van der Waals surface area contributed by atoms with Gasteiger partial charge in [0.1, 0.15) is 11.5 Å². The zero-order chi connectivity index (χ0) is 22.8. The van der Waals surface area contributed by atoms with Crippen LogP contribution in [0, 0.1) is 6.92 Å². The fourth-order valence-electron chi connectivity index (χ4n) is 3.95. The van der Waals surface area contributed by atoms with Gasteiger partial charge in [-0.15, -0.1) is 0 Å². The maximum Gasteiger partial charge on any atom is 0.300 e. The number of aliphatic hydroxyl groups excluding tert-OH is 1. The Hall–Kier alpha value is -3.57. The predicted octanol–water partition coefficient (Wildman–Crippen LogP) is 5.67. The molecule has 0 saturated carbocycles. The second-order valence-electron chi connectivity index (χ2n) is 7.46. The number of carbonyl (C=O) groups is 2. The summed E-state index contributed by atoms with van der Waals surface area (Å²) in [5.74, 6) is -1.04. The number of ether oxygens (including phenoxy) is 1. The monoisotopic (exact) mass is 447 g/mol. The van der Waals surface area contributed by atoms with Gasteiger partial charge in [0.2, 0.25) is 0 Å². The predicted molar refractivity (Wildman–Crippen MR) is 125 cm³/mol. The van der Waals surface area contributed by atoms with Crippen LogP contribution in [0.1, 0.15) is 29.7 Å². The van der Waals surface area contributed by atoms with Gasteiger partial charge in [-0.25, -0.2) is 0 Å². The summed E-state index contributed by atoms with van der Waals surface area (Å²) in [4.78, 5) is 27.8. The lowest BCUT2D eigenvalue weighted by atomic mass is 9.92. The van der Waals surface area contributed by atoms with Gasteiger partial charge in [-0.1, -0.05) is 48.0 Å². The molecule has 6 heteroatoms. The first-order valence-corrected chi connectivity index (χ1v) is 10.7. The molecule has 1 fully saturated rings. The molecule has 1 unspecified atom stereocenters. The Bertz CT molecular complexity index is 1220. The van der Waals surface area contributed by atoms with Crippen LogP contribution in [0.15, 0.2) is 78.4 Å². The van der Waals surface area contributed by atoms with E-state index in [0.29, 0.717) is 28.6 Å². The fraction of sp³-hybridized carbons (Fsp3) is 0.154. The second-order valence-corrected chi connectivity index (χ2v) is 7.90. The molecule has 3 aromatic rings. The number of ketones is 1. The van der Waals surface area contributed by atoms with Crippen molar-refractivity contribution in [2.24, 2.45) is 0 Å². The van der Waals surface area contributed by atoms with Crippen LogP contribution < -0.4 is 9.64 Å². The van der Waals surface area contributed by atoms with Crippen molar-refractivity contribution in [2.45, 2.75) is 19.9 Å². The molecule has 162 valence electrons. The largest absolute Gasteiger partial charge is 0.507 e. The summed E-state index contributed by atoms with van der Waals surface area (Å²) in [6, 6.07) is 20.3. The van der Waals surface area contributed by atoms with E-state index in [1.165, 1.54) is 4.90 Å². The molecule has 1 N–H and O–H groups in total. The zero-order valence-corrected chi connectivity index (χ0v) is 18.5. The van der Waals surface area contributed by atoms with Crippen molar-refractivity contribution in [3.8, 4) is 5.75 Å². The van der Waals surface area contributed by atoms with Crippen molar-refractivity contribution in [2.75, 3.05) is 11.5 Å². The van der Waals surface area contributed by atoms with Gasteiger partial charge in [-0.2, -0.15) is 0 Å². The maximum atomic E-state index is 13.2. The highest BCUT2D eigenvalue weighted by molar-refractivity contribution is 6.51. The van der Waals surface area contributed by atoms with Crippen molar-refractivity contribution >= 4 is 34.7 Å². The van der Waals surface area contributed by atoms with Crippen LogP contribution in [-0.2, 0) is 9.59 Å². The molecule has 32 heavy (non-hydrogen) atoms. The highest BCUT2D eigenvalue weighted by atomic mass is 35.5. The molecule has 0 bridgehead atoms. The quantitative estimate of drug-likeness (QED) is 0.310. The molecule has 0 spiro atoms. The van der Waals surface area contributed by atoms with E-state index in [-0.39, 0.29) is 11.3 Å². The molecule has 1 atom stereocenters. The first-order chi connectivity index (χ1) is 15.4. The third-order valence-electron chi connectivity index (χ3n) is 5.45. The van der Waals surface area contributed by atoms with Gasteiger partial charge in [0.15, 0.2) is 0 Å². The standard InChI is InChI=1S/C26H22ClNO4/c1-3-32-20-13-11-19(12-14-20)28-23(21-10-5-4-7-16(21)2)22(25(30)26(28)31)24(29)17-8-6-9-18(27)15-17/h4-15,23,29H,3H2,1-2H3/b24-22+. The first kappa shape index (κ1) is 21.7. The van der Waals surface area contributed by atoms with E-state index in [4.69, 9.17) is 16.3 Å². The number of amides is 1. The summed E-state index contributed by atoms with van der Waals surface area (Å²) in [6.07, 6.45) is 0. The number of nitrogens with zero attached hydrogens (tertiary/aromatic N) is 1. The third-order valence-corrected chi connectivity index (χ3v) is 5.69. The number of hydrogen-bond acceptors (Lipinski definition) is 4. The van der Waals surface area contributed by atoms with E-state index in [2.05, 4.69) is 0 Å². The summed E-state index contributed by atoms with van der Waals surface area (Å²) in [5, 5.41) is 11.6. The smallest absolute Gasteiger partial charge is 0.300 e. The number of hydrogen-bond donors (Lipinski definition) is 1. The Morgan fingerprint density at radius 3 is 2.41 bits per heavy atom. The average Bonchev–Trinajstić information content (AvgIpc) is 3.05. The van der Waals surface area contributed by atoms with Crippen LogP contribution in [0.4, 0.5) is 5.69 Å². The Morgan fingerprint density at radius 2 is 1.75 bits per heavy atom. The van der Waals surface area contributed by atoms with Crippen LogP contribution in [-0.4, -0.2) is 23.4 Å². The number of halogens is 1. The molecule has 1 aliphatic heterocycles. The van der Waals surface area contributed by atoms with Crippen molar-refractivity contribution < 1.29 is 19.4 Å². The molecule has 3 aromatic carbocycles. The average molecular weight is 448 g/mol. The van der Waals surface area contributed by atoms with Crippen LogP contribution in [0.2, 0.25) is 5.02 Å². The summed E-state index contributed by atoms with van der Waals surface area (Å²) in [7, 11) is 0. The molecule has 4 rings (SSSR count). The van der Waals surface area contributed by atoms with Gasteiger partial charge in [0, 0.05) is 16.3 Å². The van der Waals surface area contributed by atoms with Gasteiger partial charge in [-0.05, 0) is 61.4 Å². The molecule has 1 amide bonds. The van der Waals surface area contributed by atoms with Crippen molar-refractivity contribution in [3.63, 3.8) is 0 Å². The lowest BCUT2D eigenvalue weighted by Crippen LogP contribution is -2.29. The normalized spacial score (nSPS) is 17.6. The molecule has 0 radical (unpaired) electrons. The van der Waals surface area contributed by atoms with Gasteiger partial charge in [-0.3, -0.25) is 14.5 Å². The molecule has 1 aliphatic rings. The van der Waals surface area contributed by atoms with Crippen molar-refractivity contribution in [3.05, 3.63) is 100 Å². The highest BCUT2D eigenvalue weighted by Gasteiger charge is 2.47. The maximum absolute atomic E-state index is 13.2. The van der Waals surface area contributed by atoms with Crippen molar-refractivity contribution in [1.29, 1.82) is 0 Å². The van der Waals surface area contributed by atoms with E-state index in [1.807, 2.05) is 38.1 Å². The summed E-state index contributed by atoms with van der Waals surface area (Å²) < 4.78 is 5.50. The van der Waals surface area contributed by atoms with Gasteiger partial charge in [0.25, 0.3) is 11.7 Å². The van der Waals surface area contributed by atoms with E-state index in [9.17, 15) is 14.7 Å². The van der Waals surface area contributed by atoms with Crippen LogP contribution >= 0.6 is 11.6 Å². The SMILES string of the molecule is CCOc1ccc(N2C(=O)C(=O)/C(=C(/O)c3cccc(Cl)c3)C2c2ccccc2C)cc1. The lowest BCUT2D eigenvalue weighted by molar-refractivity contribution is -0.132. The van der Waals surface area contributed by atoms with E-state index >= 15 is 0 Å². The summed E-state index contributed by atoms with van der Waals surface area (Å²) in [5.41, 5.74) is 2.59. The summed E-state index contributed by atoms with van der Waals surface area (Å²) >= 11 is 6.10.